The number of aromatic hydroxyl groups is 1. The van der Waals surface area contributed by atoms with E-state index >= 15 is 0 Å². The molecular weight excluding hydrogens is 636 g/mol. The zero-order valence-electron chi connectivity index (χ0n) is 28.4. The van der Waals surface area contributed by atoms with Crippen LogP contribution in [-0.4, -0.2) is 69.6 Å². The average molecular weight is 657 g/mol. The van der Waals surface area contributed by atoms with Crippen molar-refractivity contribution in [2.24, 2.45) is 0 Å². The van der Waals surface area contributed by atoms with Crippen LogP contribution in [0.4, 0.5) is 0 Å². The predicted octanol–water partition coefficient (Wildman–Crippen LogP) is 2.75. The maximum atomic E-state index is 12.2. The van der Waals surface area contributed by atoms with Crippen molar-refractivity contribution in [1.82, 2.24) is 9.55 Å². The number of para-hydroxylation sites is 3. The lowest BCUT2D eigenvalue weighted by Crippen LogP contribution is -2.48. The minimum absolute atomic E-state index is 0.0379. The molecule has 14 radical (unpaired) electrons. The van der Waals surface area contributed by atoms with E-state index in [0.717, 1.165) is 38.6 Å². The molecule has 0 aliphatic carbocycles. The molecule has 0 fully saturated rings. The average Bonchev–Trinajstić information content (AvgIpc) is 3.59. The molecule has 0 unspecified atom stereocenters. The van der Waals surface area contributed by atoms with Gasteiger partial charge in [0.05, 0.1) is 11.0 Å². The van der Waals surface area contributed by atoms with E-state index in [2.05, 4.69) is 4.57 Å². The van der Waals surface area contributed by atoms with Crippen LogP contribution in [0.25, 0.3) is 82.7 Å². The summed E-state index contributed by atoms with van der Waals surface area (Å²) in [7, 11) is 47.5. The van der Waals surface area contributed by atoms with Crippen LogP contribution in [0.3, 0.4) is 0 Å². The predicted molar refractivity (Wildman–Crippen MR) is 229 cm³/mol. The van der Waals surface area contributed by atoms with Gasteiger partial charge >= 0.3 is 0 Å². The highest BCUT2D eigenvalue weighted by Crippen LogP contribution is 2.47. The molecule has 0 bridgehead atoms. The summed E-state index contributed by atoms with van der Waals surface area (Å²) in [5.74, 6) is 0.392. The lowest BCUT2D eigenvalue weighted by atomic mass is 9.61. The van der Waals surface area contributed by atoms with Crippen molar-refractivity contribution in [3.63, 3.8) is 0 Å². The third-order valence-electron chi connectivity index (χ3n) is 10.3. The van der Waals surface area contributed by atoms with E-state index in [1.54, 1.807) is 0 Å². The fraction of sp³-hybridized carbons (Fsp3) is 0. The first-order valence-corrected chi connectivity index (χ1v) is 17.0. The molecule has 9 aromatic rings. The maximum absolute atomic E-state index is 12.2. The summed E-state index contributed by atoms with van der Waals surface area (Å²) in [5.41, 5.74) is 6.65. The van der Waals surface area contributed by atoms with Crippen molar-refractivity contribution in [2.45, 2.75) is 0 Å². The van der Waals surface area contributed by atoms with Gasteiger partial charge in [-0.05, 0) is 67.9 Å². The van der Waals surface area contributed by atoms with Crippen LogP contribution in [0.2, 0.25) is 0 Å². The minimum Gasteiger partial charge on any atom is -0.508 e. The van der Waals surface area contributed by atoms with Gasteiger partial charge in [0.1, 0.15) is 66.5 Å². The number of phenols is 1. The Morgan fingerprint density at radius 2 is 0.943 bits per heavy atom. The smallest absolute Gasteiger partial charge is 0.146 e. The second kappa shape index (κ2) is 12.4. The standard InChI is InChI=1S/C43H21B7N2O/c44-35-31-29(24-18-10-12-21-11-4-5-15-23(21)24)33-34(42(53)41(50)40(49)37(33)46)30(32(31)36(45)39(48)38(35)47)25-16-6-7-17-26(25)43-51-27-19-8-9-20-28(27)52(43)22-13-2-1-3-14-22/h1-20,53H. The molecule has 0 amide bonds. The highest BCUT2D eigenvalue weighted by molar-refractivity contribution is 6.69. The van der Waals surface area contributed by atoms with Crippen molar-refractivity contribution in [1.29, 1.82) is 0 Å². The number of hydrogen-bond donors (Lipinski definition) is 1. The van der Waals surface area contributed by atoms with E-state index < -0.39 is 0 Å². The second-order valence-corrected chi connectivity index (χ2v) is 13.2. The molecule has 0 saturated carbocycles. The Bertz CT molecular complexity index is 2910. The lowest BCUT2D eigenvalue weighted by Gasteiger charge is -2.28. The summed E-state index contributed by atoms with van der Waals surface area (Å²) in [6, 6.07) is 39.6. The summed E-state index contributed by atoms with van der Waals surface area (Å²) in [6.45, 7) is 0. The molecule has 230 valence electrons. The first-order chi connectivity index (χ1) is 25.7. The third-order valence-corrected chi connectivity index (χ3v) is 10.3. The van der Waals surface area contributed by atoms with Gasteiger partial charge in [0.15, 0.2) is 0 Å². The van der Waals surface area contributed by atoms with E-state index in [-0.39, 0.29) is 44.0 Å². The van der Waals surface area contributed by atoms with Gasteiger partial charge in [0.25, 0.3) is 0 Å². The number of imidazole rings is 1. The Labute approximate surface area is 316 Å². The van der Waals surface area contributed by atoms with Crippen molar-refractivity contribution in [2.75, 3.05) is 0 Å². The van der Waals surface area contributed by atoms with E-state index in [1.807, 2.05) is 121 Å². The van der Waals surface area contributed by atoms with Crippen molar-refractivity contribution in [3.8, 4) is 45.1 Å². The van der Waals surface area contributed by atoms with E-state index in [0.29, 0.717) is 44.1 Å². The Morgan fingerprint density at radius 1 is 0.434 bits per heavy atom. The Hall–Kier alpha value is -5.74. The van der Waals surface area contributed by atoms with Gasteiger partial charge < -0.3 is 5.11 Å². The van der Waals surface area contributed by atoms with Gasteiger partial charge in [-0.2, -0.15) is 0 Å². The van der Waals surface area contributed by atoms with Gasteiger partial charge in [-0.25, -0.2) is 4.98 Å². The molecule has 0 spiro atoms. The van der Waals surface area contributed by atoms with Gasteiger partial charge in [-0.15, -0.1) is 16.4 Å². The van der Waals surface area contributed by atoms with Crippen LogP contribution in [0, 0.1) is 0 Å². The normalized spacial score (nSPS) is 11.6. The molecule has 0 aliphatic heterocycles. The summed E-state index contributed by atoms with van der Waals surface area (Å²) in [5, 5.41) is 15.9. The molecular formula is C43H21B7N2O. The first-order valence-electron chi connectivity index (χ1n) is 17.0. The molecule has 1 heterocycles. The molecule has 1 N–H and O–H groups in total. The third kappa shape index (κ3) is 4.81. The number of benzene rings is 8. The van der Waals surface area contributed by atoms with Crippen molar-refractivity contribution < 1.29 is 5.11 Å². The van der Waals surface area contributed by atoms with Gasteiger partial charge in [0.2, 0.25) is 0 Å². The number of hydrogen-bond acceptors (Lipinski definition) is 2. The molecule has 10 heteroatoms. The zero-order chi connectivity index (χ0) is 36.7. The number of aromatic nitrogens is 2. The number of nitrogens with zero attached hydrogens (tertiary/aromatic N) is 2. The fourth-order valence-electron chi connectivity index (χ4n) is 7.82. The summed E-state index contributed by atoms with van der Waals surface area (Å²) in [6.07, 6.45) is 0. The summed E-state index contributed by atoms with van der Waals surface area (Å²) >= 11 is 0. The summed E-state index contributed by atoms with van der Waals surface area (Å²) in [4.78, 5) is 5.18. The zero-order valence-corrected chi connectivity index (χ0v) is 28.4. The van der Waals surface area contributed by atoms with Crippen molar-refractivity contribution in [3.05, 3.63) is 121 Å². The molecule has 0 saturated heterocycles. The van der Waals surface area contributed by atoms with Crippen molar-refractivity contribution >= 4 is 137 Å². The molecule has 3 nitrogen and oxygen atoms in total. The van der Waals surface area contributed by atoms with Crippen LogP contribution in [-0.2, 0) is 0 Å². The quantitative estimate of drug-likeness (QED) is 0.234. The summed E-state index contributed by atoms with van der Waals surface area (Å²) < 4.78 is 2.10. The second-order valence-electron chi connectivity index (χ2n) is 13.2. The molecule has 9 rings (SSSR count). The monoisotopic (exact) mass is 658 g/mol. The van der Waals surface area contributed by atoms with Crippen LogP contribution in [0.1, 0.15) is 0 Å². The van der Waals surface area contributed by atoms with Crippen LogP contribution >= 0.6 is 0 Å². The van der Waals surface area contributed by atoms with E-state index in [4.69, 9.17) is 59.9 Å². The lowest BCUT2D eigenvalue weighted by molar-refractivity contribution is 0.486. The first kappa shape index (κ1) is 33.1. The Morgan fingerprint density at radius 3 is 1.66 bits per heavy atom. The Balaban J connectivity index is 1.55. The molecule has 8 aromatic carbocycles. The SMILES string of the molecule is [B]c1c([B])c([B])c2c(-c3ccccc3-c3nc4ccccc4n3-c3ccccc3)c3c(O)c([B])c([B])c([B])c3c(-c3cccc4ccccc34)c2c1[B]. The molecule has 53 heavy (non-hydrogen) atoms. The number of rotatable bonds is 4. The van der Waals surface area contributed by atoms with Crippen LogP contribution < -0.4 is 38.2 Å². The molecule has 0 atom stereocenters. The van der Waals surface area contributed by atoms with Gasteiger partial charge in [-0.3, -0.25) is 4.57 Å². The largest absolute Gasteiger partial charge is 0.508 e. The molecule has 1 aromatic heterocycles. The van der Waals surface area contributed by atoms with Gasteiger partial charge in [0, 0.05) is 22.2 Å². The van der Waals surface area contributed by atoms with Crippen LogP contribution in [0.5, 0.6) is 5.75 Å². The number of fused-ring (bicyclic) bond motifs is 4. The Kier molecular flexibility index (Phi) is 7.78. The fourth-order valence-corrected chi connectivity index (χ4v) is 7.82. The number of phenolic OH excluding ortho intramolecular Hbond substituents is 1. The maximum Gasteiger partial charge on any atom is 0.146 e. The molecule has 0 aliphatic rings. The highest BCUT2D eigenvalue weighted by atomic mass is 16.3. The van der Waals surface area contributed by atoms with Crippen LogP contribution in [0.15, 0.2) is 121 Å². The highest BCUT2D eigenvalue weighted by Gasteiger charge is 2.28. The van der Waals surface area contributed by atoms with Gasteiger partial charge in [-0.1, -0.05) is 119 Å². The van der Waals surface area contributed by atoms with E-state index in [9.17, 15) is 5.11 Å². The minimum atomic E-state index is -0.259. The topological polar surface area (TPSA) is 38.0 Å². The van der Waals surface area contributed by atoms with E-state index in [1.165, 1.54) is 0 Å².